The molecule has 1 saturated heterocycles. The monoisotopic (exact) mass is 310 g/mol. The number of aromatic amines is 1. The quantitative estimate of drug-likeness (QED) is 0.923. The van der Waals surface area contributed by atoms with Gasteiger partial charge in [0.25, 0.3) is 0 Å². The number of carbonyl (C=O) groups excluding carboxylic acids is 1. The van der Waals surface area contributed by atoms with Gasteiger partial charge < -0.3 is 14.8 Å². The summed E-state index contributed by atoms with van der Waals surface area (Å²) in [6.07, 6.45) is 5.69. The van der Waals surface area contributed by atoms with Crippen LogP contribution in [0.25, 0.3) is 11.0 Å². The second kappa shape index (κ2) is 4.95. The largest absolute Gasteiger partial charge is 0.354 e. The van der Waals surface area contributed by atoms with Crippen molar-refractivity contribution in [2.24, 2.45) is 5.41 Å². The van der Waals surface area contributed by atoms with Crippen molar-refractivity contribution in [1.29, 1.82) is 5.26 Å². The third-order valence-electron chi connectivity index (χ3n) is 5.04. The number of nitrogens with one attached hydrogen (secondary N) is 1. The Morgan fingerprint density at radius 2 is 2.35 bits per heavy atom. The van der Waals surface area contributed by atoms with E-state index >= 15 is 0 Å². The maximum absolute atomic E-state index is 12.5. The summed E-state index contributed by atoms with van der Waals surface area (Å²) in [6, 6.07) is 4.29. The molecule has 4 rings (SSSR count). The molecule has 0 aromatic carbocycles. The number of hydrogen-bond donors (Lipinski definition) is 1. The van der Waals surface area contributed by atoms with Crippen LogP contribution in [0, 0.1) is 16.7 Å². The maximum Gasteiger partial charge on any atom is 0.243 e. The van der Waals surface area contributed by atoms with Gasteiger partial charge in [-0.1, -0.05) is 0 Å². The average molecular weight is 310 g/mol. The van der Waals surface area contributed by atoms with E-state index in [-0.39, 0.29) is 11.9 Å². The number of anilines is 1. The molecule has 1 aliphatic heterocycles. The molecule has 7 nitrogen and oxygen atoms in total. The van der Waals surface area contributed by atoms with E-state index in [2.05, 4.69) is 25.9 Å². The van der Waals surface area contributed by atoms with Crippen molar-refractivity contribution in [3.63, 3.8) is 0 Å². The van der Waals surface area contributed by atoms with Gasteiger partial charge in [-0.3, -0.25) is 4.79 Å². The van der Waals surface area contributed by atoms with Crippen LogP contribution in [-0.2, 0) is 4.79 Å². The number of likely N-dealkylation sites (N-methyl/N-ethyl adjacent to an activating group) is 1. The van der Waals surface area contributed by atoms with Gasteiger partial charge >= 0.3 is 0 Å². The molecule has 0 spiro atoms. The summed E-state index contributed by atoms with van der Waals surface area (Å²) in [4.78, 5) is 28.2. The molecule has 2 aromatic heterocycles. The number of rotatable bonds is 3. The predicted molar refractivity (Wildman–Crippen MR) is 84.6 cm³/mol. The number of nitriles is 1. The Labute approximate surface area is 133 Å². The summed E-state index contributed by atoms with van der Waals surface area (Å²) >= 11 is 0. The second-order valence-corrected chi connectivity index (χ2v) is 6.44. The molecule has 1 N–H and O–H groups in total. The Balaban J connectivity index is 1.52. The zero-order valence-electron chi connectivity index (χ0n) is 13.0. The third kappa shape index (κ3) is 2.13. The molecule has 118 valence electrons. The molecule has 0 radical (unpaired) electrons. The summed E-state index contributed by atoms with van der Waals surface area (Å²) in [7, 11) is 1.82. The van der Waals surface area contributed by atoms with E-state index in [1.165, 1.54) is 0 Å². The van der Waals surface area contributed by atoms with Gasteiger partial charge in [0.2, 0.25) is 5.91 Å². The van der Waals surface area contributed by atoms with Gasteiger partial charge in [-0.15, -0.1) is 0 Å². The highest BCUT2D eigenvalue weighted by molar-refractivity contribution is 5.89. The van der Waals surface area contributed by atoms with Gasteiger partial charge in [0.05, 0.1) is 17.5 Å². The number of aromatic nitrogens is 3. The molecular formula is C16H18N6O. The minimum Gasteiger partial charge on any atom is -0.354 e. The lowest BCUT2D eigenvalue weighted by Crippen LogP contribution is -2.42. The topological polar surface area (TPSA) is 88.9 Å². The van der Waals surface area contributed by atoms with Crippen LogP contribution in [-0.4, -0.2) is 51.9 Å². The van der Waals surface area contributed by atoms with Gasteiger partial charge in [0.1, 0.15) is 23.2 Å². The number of fused-ring (bicyclic) bond motifs is 1. The second-order valence-electron chi connectivity index (χ2n) is 6.44. The fourth-order valence-corrected chi connectivity index (χ4v) is 3.36. The van der Waals surface area contributed by atoms with Crippen molar-refractivity contribution in [3.8, 4) is 6.07 Å². The van der Waals surface area contributed by atoms with Crippen LogP contribution in [0.2, 0.25) is 0 Å². The normalized spacial score (nSPS) is 22.1. The number of hydrogen-bond acceptors (Lipinski definition) is 5. The van der Waals surface area contributed by atoms with E-state index in [0.29, 0.717) is 12.8 Å². The minimum atomic E-state index is -0.745. The molecule has 0 bridgehead atoms. The Morgan fingerprint density at radius 3 is 3.09 bits per heavy atom. The van der Waals surface area contributed by atoms with Gasteiger partial charge in [0, 0.05) is 26.3 Å². The third-order valence-corrected chi connectivity index (χ3v) is 5.04. The standard InChI is InChI=1S/C16H18N6O/c1-21(15(23)16(9-17)4-5-16)11-3-7-22(8-11)14-12-2-6-18-13(12)19-10-20-14/h2,6,10-11H,3-5,7-8H2,1H3,(H,18,19,20). The zero-order chi connectivity index (χ0) is 16.0. The van der Waals surface area contributed by atoms with Crippen molar-refractivity contribution in [1.82, 2.24) is 19.9 Å². The molecule has 1 unspecified atom stereocenters. The molecule has 1 amide bonds. The fourth-order valence-electron chi connectivity index (χ4n) is 3.36. The fraction of sp³-hybridized carbons (Fsp3) is 0.500. The Bertz CT molecular complexity index is 802. The smallest absolute Gasteiger partial charge is 0.243 e. The number of nitrogens with zero attached hydrogens (tertiary/aromatic N) is 5. The van der Waals surface area contributed by atoms with Crippen LogP contribution in [0.1, 0.15) is 19.3 Å². The van der Waals surface area contributed by atoms with E-state index in [0.717, 1.165) is 36.4 Å². The SMILES string of the molecule is CN(C(=O)C1(C#N)CC1)C1CCN(c2ncnc3[nH]ccc23)C1. The van der Waals surface area contributed by atoms with Gasteiger partial charge in [-0.25, -0.2) is 9.97 Å². The lowest BCUT2D eigenvalue weighted by atomic mass is 10.1. The van der Waals surface area contributed by atoms with Gasteiger partial charge in [-0.2, -0.15) is 5.26 Å². The first-order chi connectivity index (χ1) is 11.1. The van der Waals surface area contributed by atoms with Gasteiger partial charge in [0.15, 0.2) is 0 Å². The summed E-state index contributed by atoms with van der Waals surface area (Å²) in [6.45, 7) is 1.58. The molecule has 1 atom stereocenters. The first-order valence-electron chi connectivity index (χ1n) is 7.86. The summed E-state index contributed by atoms with van der Waals surface area (Å²) in [5.41, 5.74) is 0.0784. The predicted octanol–water partition coefficient (Wildman–Crippen LogP) is 1.30. The summed E-state index contributed by atoms with van der Waals surface area (Å²) < 4.78 is 0. The molecular weight excluding hydrogens is 292 g/mol. The molecule has 2 fully saturated rings. The van der Waals surface area contributed by atoms with Crippen LogP contribution in [0.4, 0.5) is 5.82 Å². The van der Waals surface area contributed by atoms with Crippen LogP contribution in [0.15, 0.2) is 18.6 Å². The number of amides is 1. The Morgan fingerprint density at radius 1 is 1.52 bits per heavy atom. The highest BCUT2D eigenvalue weighted by Gasteiger charge is 2.53. The van der Waals surface area contributed by atoms with Crippen molar-refractivity contribution in [2.75, 3.05) is 25.0 Å². The van der Waals surface area contributed by atoms with Crippen molar-refractivity contribution in [3.05, 3.63) is 18.6 Å². The summed E-state index contributed by atoms with van der Waals surface area (Å²) in [5, 5.41) is 10.2. The van der Waals surface area contributed by atoms with Crippen LogP contribution < -0.4 is 4.90 Å². The lowest BCUT2D eigenvalue weighted by molar-refractivity contribution is -0.135. The van der Waals surface area contributed by atoms with Gasteiger partial charge in [-0.05, 0) is 25.3 Å². The first kappa shape index (κ1) is 14.0. The van der Waals surface area contributed by atoms with E-state index in [4.69, 9.17) is 0 Å². The van der Waals surface area contributed by atoms with Crippen LogP contribution in [0.3, 0.4) is 0 Å². The number of H-pyrrole nitrogens is 1. The zero-order valence-corrected chi connectivity index (χ0v) is 13.0. The minimum absolute atomic E-state index is 0.0265. The molecule has 1 saturated carbocycles. The molecule has 23 heavy (non-hydrogen) atoms. The lowest BCUT2D eigenvalue weighted by Gasteiger charge is -2.27. The van der Waals surface area contributed by atoms with E-state index in [1.54, 1.807) is 11.2 Å². The van der Waals surface area contributed by atoms with Crippen LogP contribution in [0.5, 0.6) is 0 Å². The maximum atomic E-state index is 12.5. The Kier molecular flexibility index (Phi) is 3.01. The average Bonchev–Trinajstić information content (AvgIpc) is 3.00. The van der Waals surface area contributed by atoms with E-state index in [1.807, 2.05) is 19.3 Å². The molecule has 1 aliphatic carbocycles. The van der Waals surface area contributed by atoms with Crippen molar-refractivity contribution in [2.45, 2.75) is 25.3 Å². The first-order valence-corrected chi connectivity index (χ1v) is 7.86. The molecule has 7 heteroatoms. The van der Waals surface area contributed by atoms with Crippen LogP contribution >= 0.6 is 0 Å². The Hall–Kier alpha value is -2.62. The highest BCUT2D eigenvalue weighted by atomic mass is 16.2. The van der Waals surface area contributed by atoms with E-state index < -0.39 is 5.41 Å². The highest BCUT2D eigenvalue weighted by Crippen LogP contribution is 2.46. The van der Waals surface area contributed by atoms with Crippen molar-refractivity contribution >= 4 is 22.8 Å². The molecule has 3 heterocycles. The number of carbonyl (C=O) groups is 1. The van der Waals surface area contributed by atoms with Crippen molar-refractivity contribution < 1.29 is 4.79 Å². The molecule has 2 aromatic rings. The molecule has 2 aliphatic rings. The van der Waals surface area contributed by atoms with E-state index in [9.17, 15) is 10.1 Å². The summed E-state index contributed by atoms with van der Waals surface area (Å²) in [5.74, 6) is 0.877.